The zero-order valence-electron chi connectivity index (χ0n) is 16.5. The van der Waals surface area contributed by atoms with Crippen molar-refractivity contribution in [1.82, 2.24) is 0 Å². The van der Waals surface area contributed by atoms with Gasteiger partial charge in [-0.1, -0.05) is 12.1 Å². The number of benzene rings is 2. The summed E-state index contributed by atoms with van der Waals surface area (Å²) in [5.41, 5.74) is -0.335. The van der Waals surface area contributed by atoms with Gasteiger partial charge in [0.2, 0.25) is 0 Å². The molecule has 0 aliphatic rings. The summed E-state index contributed by atoms with van der Waals surface area (Å²) in [6.07, 6.45) is -9.90. The molecular formula is C21H16F8O4. The second-order valence-electron chi connectivity index (χ2n) is 6.66. The maximum atomic E-state index is 14.3. The molecule has 4 nitrogen and oxygen atoms in total. The Hall–Kier alpha value is -3.31. The molecule has 1 N–H and O–H groups in total. The van der Waals surface area contributed by atoms with Gasteiger partial charge in [0, 0.05) is 18.6 Å². The minimum absolute atomic E-state index is 0.284. The Balaban J connectivity index is 1.98. The van der Waals surface area contributed by atoms with Gasteiger partial charge in [0.15, 0.2) is 11.6 Å². The van der Waals surface area contributed by atoms with Gasteiger partial charge in [-0.3, -0.25) is 0 Å². The third-order valence-electron chi connectivity index (χ3n) is 4.13. The van der Waals surface area contributed by atoms with Crippen molar-refractivity contribution in [2.24, 2.45) is 0 Å². The lowest BCUT2D eigenvalue weighted by Crippen LogP contribution is -2.36. The number of aliphatic carboxylic acids is 1. The number of hydrogen-bond acceptors (Lipinski definition) is 3. The average molecular weight is 484 g/mol. The third kappa shape index (κ3) is 7.36. The molecule has 12 heteroatoms. The molecule has 0 aromatic heterocycles. The number of hydrogen-bond donors (Lipinski definition) is 1. The van der Waals surface area contributed by atoms with E-state index >= 15 is 0 Å². The molecule has 2 rings (SSSR count). The van der Waals surface area contributed by atoms with Gasteiger partial charge in [0.25, 0.3) is 0 Å². The smallest absolute Gasteiger partial charge is 0.453 e. The van der Waals surface area contributed by atoms with Crippen molar-refractivity contribution in [3.05, 3.63) is 65.5 Å². The first-order valence-electron chi connectivity index (χ1n) is 9.16. The molecular weight excluding hydrogens is 468 g/mol. The largest absolute Gasteiger partial charge is 0.493 e. The van der Waals surface area contributed by atoms with Crippen molar-refractivity contribution < 1.29 is 54.5 Å². The number of carbonyl (C=O) groups is 1. The van der Waals surface area contributed by atoms with Gasteiger partial charge in [0.1, 0.15) is 5.75 Å². The van der Waals surface area contributed by atoms with E-state index in [1.54, 1.807) is 0 Å². The summed E-state index contributed by atoms with van der Waals surface area (Å²) in [4.78, 5) is 10.5. The molecule has 0 aliphatic carbocycles. The number of halogens is 8. The van der Waals surface area contributed by atoms with Crippen LogP contribution in [-0.2, 0) is 10.9 Å². The van der Waals surface area contributed by atoms with Crippen molar-refractivity contribution in [1.29, 1.82) is 0 Å². The number of carboxylic acid groups (broad SMARTS) is 1. The highest BCUT2D eigenvalue weighted by Gasteiger charge is 2.56. The van der Waals surface area contributed by atoms with Crippen LogP contribution in [0.5, 0.6) is 11.5 Å². The Morgan fingerprint density at radius 3 is 2.15 bits per heavy atom. The highest BCUT2D eigenvalue weighted by Crippen LogP contribution is 2.39. The molecule has 0 saturated heterocycles. The van der Waals surface area contributed by atoms with Gasteiger partial charge in [0.05, 0.1) is 12.2 Å². The normalized spacial score (nSPS) is 12.7. The summed E-state index contributed by atoms with van der Waals surface area (Å²) < 4.78 is 114. The van der Waals surface area contributed by atoms with Crippen molar-refractivity contribution in [3.8, 4) is 11.5 Å². The van der Waals surface area contributed by atoms with Gasteiger partial charge in [-0.25, -0.2) is 9.18 Å². The number of rotatable bonds is 10. The molecule has 0 atom stereocenters. The second kappa shape index (κ2) is 10.1. The van der Waals surface area contributed by atoms with Crippen molar-refractivity contribution in [2.45, 2.75) is 31.0 Å². The van der Waals surface area contributed by atoms with E-state index in [2.05, 4.69) is 4.74 Å². The summed E-state index contributed by atoms with van der Waals surface area (Å²) in [5.74, 6) is -8.56. The fraction of sp³-hybridized carbons (Fsp3) is 0.286. The Bertz CT molecular complexity index is 985. The fourth-order valence-corrected chi connectivity index (χ4v) is 2.43. The van der Waals surface area contributed by atoms with Crippen LogP contribution in [0.4, 0.5) is 35.1 Å². The molecule has 0 spiro atoms. The van der Waals surface area contributed by atoms with Gasteiger partial charge in [-0.15, -0.1) is 0 Å². The standard InChI is InChI=1S/C21H16F8O4/c22-16-12-15(32-11-1-10-19(23,24)21(27,28)29)7-8-17(16)33-20(25,26)14-5-2-13(3-6-14)4-9-18(30)31/h2-9,12H,1,10-11H2,(H,30,31). The topological polar surface area (TPSA) is 55.8 Å². The minimum atomic E-state index is -5.70. The lowest BCUT2D eigenvalue weighted by Gasteiger charge is -2.20. The number of ether oxygens (including phenoxy) is 2. The zero-order chi connectivity index (χ0) is 24.9. The molecule has 0 saturated carbocycles. The molecule has 33 heavy (non-hydrogen) atoms. The highest BCUT2D eigenvalue weighted by atomic mass is 19.4. The Kier molecular flexibility index (Phi) is 7.93. The fourth-order valence-electron chi connectivity index (χ4n) is 2.43. The second-order valence-corrected chi connectivity index (χ2v) is 6.66. The molecule has 2 aromatic rings. The highest BCUT2D eigenvalue weighted by molar-refractivity contribution is 5.85. The molecule has 0 bridgehead atoms. The van der Waals surface area contributed by atoms with Gasteiger partial charge >= 0.3 is 24.2 Å². The van der Waals surface area contributed by atoms with Crippen LogP contribution in [-0.4, -0.2) is 29.8 Å². The van der Waals surface area contributed by atoms with Crippen molar-refractivity contribution >= 4 is 12.0 Å². The van der Waals surface area contributed by atoms with E-state index in [1.165, 1.54) is 18.2 Å². The summed E-state index contributed by atoms with van der Waals surface area (Å²) in [6, 6.07) is 6.68. The van der Waals surface area contributed by atoms with Crippen LogP contribution in [0.25, 0.3) is 6.08 Å². The first-order valence-corrected chi connectivity index (χ1v) is 9.16. The molecule has 0 heterocycles. The quantitative estimate of drug-likeness (QED) is 0.241. The molecule has 180 valence electrons. The average Bonchev–Trinajstić information content (AvgIpc) is 2.71. The van der Waals surface area contributed by atoms with Gasteiger partial charge < -0.3 is 14.6 Å². The van der Waals surface area contributed by atoms with Gasteiger partial charge in [-0.05, 0) is 42.3 Å². The van der Waals surface area contributed by atoms with Crippen LogP contribution in [0, 0.1) is 5.82 Å². The van der Waals surface area contributed by atoms with Crippen LogP contribution in [0.15, 0.2) is 48.5 Å². The van der Waals surface area contributed by atoms with E-state index in [0.717, 1.165) is 30.3 Å². The third-order valence-corrected chi connectivity index (χ3v) is 4.13. The summed E-state index contributed by atoms with van der Waals surface area (Å²) in [5, 5.41) is 8.55. The summed E-state index contributed by atoms with van der Waals surface area (Å²) in [6.45, 7) is -0.593. The molecule has 0 unspecified atom stereocenters. The van der Waals surface area contributed by atoms with Crippen LogP contribution in [0.3, 0.4) is 0 Å². The van der Waals surface area contributed by atoms with E-state index in [1.807, 2.05) is 0 Å². The van der Waals surface area contributed by atoms with Crippen LogP contribution in [0.2, 0.25) is 0 Å². The van der Waals surface area contributed by atoms with E-state index in [9.17, 15) is 39.9 Å². The predicted molar refractivity (Wildman–Crippen MR) is 99.8 cm³/mol. The van der Waals surface area contributed by atoms with Crippen molar-refractivity contribution in [2.75, 3.05) is 6.61 Å². The molecule has 2 aromatic carbocycles. The summed E-state index contributed by atoms with van der Waals surface area (Å²) in [7, 11) is 0. The predicted octanol–water partition coefficient (Wildman–Crippen LogP) is 6.41. The number of carboxylic acids is 1. The van der Waals surface area contributed by atoms with E-state index in [4.69, 9.17) is 9.84 Å². The van der Waals surface area contributed by atoms with E-state index in [-0.39, 0.29) is 5.75 Å². The van der Waals surface area contributed by atoms with E-state index < -0.39 is 60.8 Å². The monoisotopic (exact) mass is 484 g/mol. The molecule has 0 fully saturated rings. The van der Waals surface area contributed by atoms with Crippen LogP contribution >= 0.6 is 0 Å². The zero-order valence-corrected chi connectivity index (χ0v) is 16.5. The lowest BCUT2D eigenvalue weighted by atomic mass is 10.1. The van der Waals surface area contributed by atoms with Crippen LogP contribution in [0.1, 0.15) is 24.0 Å². The molecule has 0 amide bonds. The molecule has 0 aliphatic heterocycles. The maximum absolute atomic E-state index is 14.3. The Morgan fingerprint density at radius 1 is 0.970 bits per heavy atom. The van der Waals surface area contributed by atoms with Crippen LogP contribution < -0.4 is 9.47 Å². The molecule has 0 radical (unpaired) electrons. The Labute approximate surface area is 182 Å². The first kappa shape index (κ1) is 25.9. The number of alkyl halides is 7. The minimum Gasteiger partial charge on any atom is -0.493 e. The van der Waals surface area contributed by atoms with E-state index in [0.29, 0.717) is 11.6 Å². The van der Waals surface area contributed by atoms with Crippen molar-refractivity contribution in [3.63, 3.8) is 0 Å². The Morgan fingerprint density at radius 2 is 1.61 bits per heavy atom. The SMILES string of the molecule is O=C(O)C=Cc1ccc(C(F)(F)Oc2ccc(OCCCC(F)(F)C(F)(F)F)cc2F)cc1. The summed E-state index contributed by atoms with van der Waals surface area (Å²) >= 11 is 0. The lowest BCUT2D eigenvalue weighted by molar-refractivity contribution is -0.284. The maximum Gasteiger partial charge on any atom is 0.453 e. The van der Waals surface area contributed by atoms with Gasteiger partial charge in [-0.2, -0.15) is 30.7 Å². The first-order chi connectivity index (χ1) is 15.2.